The summed E-state index contributed by atoms with van der Waals surface area (Å²) in [4.78, 5) is 37.2. The van der Waals surface area contributed by atoms with Gasteiger partial charge in [0.15, 0.2) is 5.82 Å². The summed E-state index contributed by atoms with van der Waals surface area (Å²) in [7, 11) is 0. The van der Waals surface area contributed by atoms with Crippen molar-refractivity contribution in [2.45, 2.75) is 32.7 Å². The molecule has 0 bridgehead atoms. The highest BCUT2D eigenvalue weighted by atomic mass is 16.2. The predicted molar refractivity (Wildman–Crippen MR) is 96.0 cm³/mol. The average Bonchev–Trinajstić information content (AvgIpc) is 2.58. The summed E-state index contributed by atoms with van der Waals surface area (Å²) in [5.74, 6) is 0.396. The molecule has 2 amide bonds. The minimum absolute atomic E-state index is 0.0473. The third kappa shape index (κ3) is 4.14. The number of pyridine rings is 1. The zero-order chi connectivity index (χ0) is 17.8. The Morgan fingerprint density at radius 3 is 2.96 bits per heavy atom. The Bertz CT molecular complexity index is 819. The Kier molecular flexibility index (Phi) is 4.97. The average molecular weight is 342 g/mol. The summed E-state index contributed by atoms with van der Waals surface area (Å²) in [6, 6.07) is 3.39. The van der Waals surface area contributed by atoms with Crippen molar-refractivity contribution in [3.05, 3.63) is 46.3 Å². The SMILES string of the molecule is Cc1ccc(NC(=O)N[C@H]2CCCN(c3ncc[nH]c3=O)C2)c(C)n1. The second-order valence-electron chi connectivity index (χ2n) is 6.21. The van der Waals surface area contributed by atoms with Crippen molar-refractivity contribution in [2.75, 3.05) is 23.3 Å². The Labute approximate surface area is 145 Å². The van der Waals surface area contributed by atoms with Gasteiger partial charge in [0, 0.05) is 37.2 Å². The maximum atomic E-state index is 12.3. The molecule has 3 heterocycles. The maximum absolute atomic E-state index is 12.3. The van der Waals surface area contributed by atoms with Crippen molar-refractivity contribution < 1.29 is 4.79 Å². The second kappa shape index (κ2) is 7.33. The molecule has 0 radical (unpaired) electrons. The fourth-order valence-corrected chi connectivity index (χ4v) is 3.02. The lowest BCUT2D eigenvalue weighted by Crippen LogP contribution is -2.50. The molecule has 0 unspecified atom stereocenters. The number of rotatable bonds is 3. The van der Waals surface area contributed by atoms with E-state index >= 15 is 0 Å². The lowest BCUT2D eigenvalue weighted by atomic mass is 10.1. The quantitative estimate of drug-likeness (QED) is 0.786. The number of aromatic nitrogens is 3. The third-order valence-electron chi connectivity index (χ3n) is 4.22. The molecule has 1 aliphatic heterocycles. The van der Waals surface area contributed by atoms with Gasteiger partial charge in [0.25, 0.3) is 5.56 Å². The summed E-state index contributed by atoms with van der Waals surface area (Å²) in [6.45, 7) is 5.07. The third-order valence-corrected chi connectivity index (χ3v) is 4.22. The molecular weight excluding hydrogens is 320 g/mol. The van der Waals surface area contributed by atoms with Crippen LogP contribution in [0.15, 0.2) is 29.3 Å². The largest absolute Gasteiger partial charge is 0.350 e. The molecule has 3 N–H and O–H groups in total. The number of hydrogen-bond donors (Lipinski definition) is 3. The van der Waals surface area contributed by atoms with Gasteiger partial charge in [-0.05, 0) is 38.8 Å². The topological polar surface area (TPSA) is 103 Å². The smallest absolute Gasteiger partial charge is 0.319 e. The highest BCUT2D eigenvalue weighted by molar-refractivity contribution is 5.90. The van der Waals surface area contributed by atoms with E-state index in [4.69, 9.17) is 0 Å². The number of aryl methyl sites for hydroxylation is 2. The number of nitrogens with one attached hydrogen (secondary N) is 3. The number of amides is 2. The van der Waals surface area contributed by atoms with E-state index in [1.165, 1.54) is 6.20 Å². The van der Waals surface area contributed by atoms with Crippen molar-refractivity contribution >= 4 is 17.5 Å². The van der Waals surface area contributed by atoms with E-state index in [9.17, 15) is 9.59 Å². The van der Waals surface area contributed by atoms with E-state index < -0.39 is 0 Å². The molecule has 0 saturated carbocycles. The molecule has 0 spiro atoms. The van der Waals surface area contributed by atoms with Gasteiger partial charge in [-0.15, -0.1) is 0 Å². The minimum Gasteiger partial charge on any atom is -0.350 e. The number of aromatic amines is 1. The molecule has 25 heavy (non-hydrogen) atoms. The molecule has 0 aliphatic carbocycles. The molecule has 8 nitrogen and oxygen atoms in total. The fourth-order valence-electron chi connectivity index (χ4n) is 3.02. The summed E-state index contributed by atoms with van der Waals surface area (Å²) >= 11 is 0. The van der Waals surface area contributed by atoms with E-state index in [0.29, 0.717) is 18.1 Å². The number of piperidine rings is 1. The van der Waals surface area contributed by atoms with Crippen LogP contribution in [0.5, 0.6) is 0 Å². The van der Waals surface area contributed by atoms with Crippen LogP contribution in [0.3, 0.4) is 0 Å². The standard InChI is InChI=1S/C17H22N6O2/c1-11-5-6-14(12(2)20-11)22-17(25)21-13-4-3-9-23(10-13)15-16(24)19-8-7-18-15/h5-8,13H,3-4,9-10H2,1-2H3,(H,19,24)(H2,21,22,25)/t13-/m0/s1. The second-order valence-corrected chi connectivity index (χ2v) is 6.21. The molecular formula is C17H22N6O2. The van der Waals surface area contributed by atoms with E-state index in [0.717, 1.165) is 30.8 Å². The van der Waals surface area contributed by atoms with Gasteiger partial charge in [-0.25, -0.2) is 9.78 Å². The molecule has 132 valence electrons. The molecule has 1 aliphatic rings. The summed E-state index contributed by atoms with van der Waals surface area (Å²) in [5.41, 5.74) is 2.17. The zero-order valence-electron chi connectivity index (χ0n) is 14.4. The molecule has 2 aromatic rings. The predicted octanol–water partition coefficient (Wildman–Crippen LogP) is 1.57. The highest BCUT2D eigenvalue weighted by Crippen LogP contribution is 2.15. The first-order chi connectivity index (χ1) is 12.0. The minimum atomic E-state index is -0.268. The molecule has 2 aromatic heterocycles. The first-order valence-corrected chi connectivity index (χ1v) is 8.33. The summed E-state index contributed by atoms with van der Waals surface area (Å²) in [5, 5.41) is 5.80. The number of anilines is 2. The number of H-pyrrole nitrogens is 1. The molecule has 1 atom stereocenters. The van der Waals surface area contributed by atoms with Crippen LogP contribution in [-0.4, -0.2) is 40.1 Å². The molecule has 1 saturated heterocycles. The van der Waals surface area contributed by atoms with Crippen LogP contribution in [0, 0.1) is 13.8 Å². The van der Waals surface area contributed by atoms with E-state index in [-0.39, 0.29) is 17.6 Å². The highest BCUT2D eigenvalue weighted by Gasteiger charge is 2.24. The van der Waals surface area contributed by atoms with E-state index in [1.807, 2.05) is 30.9 Å². The van der Waals surface area contributed by atoms with Gasteiger partial charge in [-0.1, -0.05) is 0 Å². The zero-order valence-corrected chi connectivity index (χ0v) is 14.4. The van der Waals surface area contributed by atoms with Crippen molar-refractivity contribution in [2.24, 2.45) is 0 Å². The fraction of sp³-hybridized carbons (Fsp3) is 0.412. The summed E-state index contributed by atoms with van der Waals surface area (Å²) in [6.07, 6.45) is 4.82. The van der Waals surface area contributed by atoms with E-state index in [2.05, 4.69) is 25.6 Å². The lowest BCUT2D eigenvalue weighted by molar-refractivity contribution is 0.246. The van der Waals surface area contributed by atoms with Crippen LogP contribution in [0.2, 0.25) is 0 Å². The van der Waals surface area contributed by atoms with Crippen molar-refractivity contribution in [1.82, 2.24) is 20.3 Å². The van der Waals surface area contributed by atoms with Crippen molar-refractivity contribution in [1.29, 1.82) is 0 Å². The Hall–Kier alpha value is -2.90. The maximum Gasteiger partial charge on any atom is 0.319 e. The van der Waals surface area contributed by atoms with Gasteiger partial charge in [0.1, 0.15) is 0 Å². The van der Waals surface area contributed by atoms with Gasteiger partial charge in [-0.2, -0.15) is 0 Å². The number of urea groups is 1. The van der Waals surface area contributed by atoms with Crippen molar-refractivity contribution in [3.63, 3.8) is 0 Å². The normalized spacial score (nSPS) is 17.2. The molecule has 8 heteroatoms. The van der Waals surface area contributed by atoms with Gasteiger partial charge in [-0.3, -0.25) is 9.78 Å². The number of carbonyl (C=O) groups is 1. The first kappa shape index (κ1) is 16.9. The van der Waals surface area contributed by atoms with Gasteiger partial charge >= 0.3 is 6.03 Å². The first-order valence-electron chi connectivity index (χ1n) is 8.33. The van der Waals surface area contributed by atoms with E-state index in [1.54, 1.807) is 6.20 Å². The number of carbonyl (C=O) groups excluding carboxylic acids is 1. The van der Waals surface area contributed by atoms with Crippen LogP contribution in [0.4, 0.5) is 16.3 Å². The van der Waals surface area contributed by atoms with Crippen LogP contribution >= 0.6 is 0 Å². The Morgan fingerprint density at radius 2 is 2.20 bits per heavy atom. The Morgan fingerprint density at radius 1 is 1.36 bits per heavy atom. The van der Waals surface area contributed by atoms with Crippen molar-refractivity contribution in [3.8, 4) is 0 Å². The van der Waals surface area contributed by atoms with Crippen LogP contribution < -0.4 is 21.1 Å². The van der Waals surface area contributed by atoms with Gasteiger partial charge in [0.2, 0.25) is 0 Å². The number of nitrogens with zero attached hydrogens (tertiary/aromatic N) is 3. The van der Waals surface area contributed by atoms with Crippen LogP contribution in [0.1, 0.15) is 24.2 Å². The molecule has 0 aromatic carbocycles. The van der Waals surface area contributed by atoms with Gasteiger partial charge in [0.05, 0.1) is 11.4 Å². The monoisotopic (exact) mass is 342 g/mol. The van der Waals surface area contributed by atoms with Crippen LogP contribution in [0.25, 0.3) is 0 Å². The number of hydrogen-bond acceptors (Lipinski definition) is 5. The Balaban J connectivity index is 1.61. The lowest BCUT2D eigenvalue weighted by Gasteiger charge is -2.33. The molecule has 1 fully saturated rings. The molecule has 3 rings (SSSR count). The van der Waals surface area contributed by atoms with Gasteiger partial charge < -0.3 is 20.5 Å². The van der Waals surface area contributed by atoms with Crippen LogP contribution in [-0.2, 0) is 0 Å². The summed E-state index contributed by atoms with van der Waals surface area (Å²) < 4.78 is 0.